The van der Waals surface area contributed by atoms with Crippen molar-refractivity contribution >= 4 is 41.8 Å². The van der Waals surface area contributed by atoms with Gasteiger partial charge in [0.25, 0.3) is 5.91 Å². The van der Waals surface area contributed by atoms with Crippen LogP contribution in [0.5, 0.6) is 0 Å². The molecule has 170 valence electrons. The Hall–Kier alpha value is -2.62. The molecule has 0 bridgehead atoms. The highest BCUT2D eigenvalue weighted by Crippen LogP contribution is 2.19. The van der Waals surface area contributed by atoms with Gasteiger partial charge in [-0.2, -0.15) is 0 Å². The number of rotatable bonds is 4. The van der Waals surface area contributed by atoms with E-state index in [-0.39, 0.29) is 42.3 Å². The Labute approximate surface area is 206 Å². The smallest absolute Gasteiger partial charge is 0.254 e. The Kier molecular flexibility index (Phi) is 8.49. The zero-order valence-electron chi connectivity index (χ0n) is 18.3. The van der Waals surface area contributed by atoms with Gasteiger partial charge in [0.1, 0.15) is 0 Å². The van der Waals surface area contributed by atoms with E-state index in [4.69, 9.17) is 4.99 Å². The summed E-state index contributed by atoms with van der Waals surface area (Å²) < 4.78 is 0. The first-order valence-electron chi connectivity index (χ1n) is 10.9. The van der Waals surface area contributed by atoms with E-state index in [1.54, 1.807) is 4.90 Å². The fourth-order valence-corrected chi connectivity index (χ4v) is 4.02. The Morgan fingerprint density at radius 1 is 1.03 bits per heavy atom. The summed E-state index contributed by atoms with van der Waals surface area (Å²) in [5.74, 6) is 0.698. The van der Waals surface area contributed by atoms with Gasteiger partial charge in [0, 0.05) is 38.3 Å². The summed E-state index contributed by atoms with van der Waals surface area (Å²) in [4.78, 5) is 32.9. The van der Waals surface area contributed by atoms with Crippen LogP contribution in [-0.4, -0.2) is 60.3 Å². The number of guanidine groups is 1. The molecule has 8 heteroatoms. The number of aliphatic imine (C=N–C) groups is 1. The molecule has 32 heavy (non-hydrogen) atoms. The molecule has 0 spiro atoms. The van der Waals surface area contributed by atoms with Crippen molar-refractivity contribution in [2.75, 3.05) is 32.7 Å². The lowest BCUT2D eigenvalue weighted by Gasteiger charge is -2.31. The number of nitrogens with one attached hydrogen (secondary N) is 2. The molecule has 1 fully saturated rings. The number of hydrogen-bond donors (Lipinski definition) is 2. The molecule has 1 saturated heterocycles. The number of nitrogens with zero attached hydrogens (tertiary/aromatic N) is 3. The van der Waals surface area contributed by atoms with Gasteiger partial charge in [0.05, 0.1) is 13.1 Å². The molecule has 2 heterocycles. The van der Waals surface area contributed by atoms with Crippen LogP contribution in [0.1, 0.15) is 34.0 Å². The molecule has 2 amide bonds. The molecule has 0 unspecified atom stereocenters. The first-order chi connectivity index (χ1) is 15.1. The molecule has 2 N–H and O–H groups in total. The fourth-order valence-electron chi connectivity index (χ4n) is 4.02. The number of carbonyl (C=O) groups is 2. The largest absolute Gasteiger partial charge is 0.356 e. The van der Waals surface area contributed by atoms with E-state index in [9.17, 15) is 9.59 Å². The van der Waals surface area contributed by atoms with Crippen LogP contribution >= 0.6 is 24.0 Å². The van der Waals surface area contributed by atoms with Gasteiger partial charge in [-0.05, 0) is 42.2 Å². The standard InChI is InChI=1S/C24H29N5O2.HI/c1-2-25-24(29-13-11-19-5-3-4-6-21(19)16-29)27-15-18-7-9-20(10-8-18)23(31)28-14-12-26-22(30)17-28;/h3-10H,2,11-17H2,1H3,(H,25,27)(H,26,30);1H. The average Bonchev–Trinajstić information content (AvgIpc) is 2.81. The van der Waals surface area contributed by atoms with Crippen LogP contribution in [-0.2, 0) is 24.3 Å². The monoisotopic (exact) mass is 547 g/mol. The lowest BCUT2D eigenvalue weighted by Crippen LogP contribution is -2.49. The third-order valence-corrected chi connectivity index (χ3v) is 5.70. The van der Waals surface area contributed by atoms with Gasteiger partial charge in [-0.15, -0.1) is 24.0 Å². The second kappa shape index (κ2) is 11.3. The predicted octanol–water partition coefficient (Wildman–Crippen LogP) is 2.40. The number of amides is 2. The van der Waals surface area contributed by atoms with Crippen molar-refractivity contribution in [3.63, 3.8) is 0 Å². The molecule has 2 aliphatic rings. The SMILES string of the molecule is CCNC(=NCc1ccc(C(=O)N2CCNC(=O)C2)cc1)N1CCc2ccccc2C1.I. The van der Waals surface area contributed by atoms with Crippen LogP contribution in [0.2, 0.25) is 0 Å². The first kappa shape index (κ1) is 24.0. The van der Waals surface area contributed by atoms with Crippen molar-refractivity contribution in [2.24, 2.45) is 4.99 Å². The third kappa shape index (κ3) is 5.79. The lowest BCUT2D eigenvalue weighted by atomic mass is 10.0. The minimum Gasteiger partial charge on any atom is -0.356 e. The summed E-state index contributed by atoms with van der Waals surface area (Å²) in [6.07, 6.45) is 1.02. The Balaban J connectivity index is 0.00000289. The molecule has 2 aromatic carbocycles. The quantitative estimate of drug-likeness (QED) is 0.350. The average molecular weight is 547 g/mol. The van der Waals surface area contributed by atoms with Gasteiger partial charge in [0.2, 0.25) is 5.91 Å². The van der Waals surface area contributed by atoms with Crippen molar-refractivity contribution in [1.29, 1.82) is 0 Å². The van der Waals surface area contributed by atoms with Gasteiger partial charge >= 0.3 is 0 Å². The molecule has 2 aliphatic heterocycles. The second-order valence-electron chi connectivity index (χ2n) is 7.88. The Morgan fingerprint density at radius 2 is 1.78 bits per heavy atom. The summed E-state index contributed by atoms with van der Waals surface area (Å²) in [5, 5.41) is 6.15. The highest BCUT2D eigenvalue weighted by Gasteiger charge is 2.22. The van der Waals surface area contributed by atoms with E-state index in [0.717, 1.165) is 37.6 Å². The molecule has 2 aromatic rings. The first-order valence-corrected chi connectivity index (χ1v) is 10.9. The van der Waals surface area contributed by atoms with Gasteiger partial charge < -0.3 is 20.4 Å². The number of halogens is 1. The van der Waals surface area contributed by atoms with Crippen LogP contribution in [0.4, 0.5) is 0 Å². The maximum atomic E-state index is 12.6. The van der Waals surface area contributed by atoms with Gasteiger partial charge in [-0.3, -0.25) is 9.59 Å². The van der Waals surface area contributed by atoms with Crippen LogP contribution in [0.15, 0.2) is 53.5 Å². The molecular weight excluding hydrogens is 517 g/mol. The molecule has 0 radical (unpaired) electrons. The normalized spacial score (nSPS) is 16.0. The Morgan fingerprint density at radius 3 is 2.50 bits per heavy atom. The van der Waals surface area contributed by atoms with Gasteiger partial charge in [-0.1, -0.05) is 36.4 Å². The topological polar surface area (TPSA) is 77.0 Å². The van der Waals surface area contributed by atoms with E-state index in [1.807, 2.05) is 24.3 Å². The van der Waals surface area contributed by atoms with Crippen molar-refractivity contribution in [2.45, 2.75) is 26.4 Å². The van der Waals surface area contributed by atoms with Crippen molar-refractivity contribution in [1.82, 2.24) is 20.4 Å². The van der Waals surface area contributed by atoms with Crippen molar-refractivity contribution in [3.05, 3.63) is 70.8 Å². The lowest BCUT2D eigenvalue weighted by molar-refractivity contribution is -0.123. The van der Waals surface area contributed by atoms with Gasteiger partial charge in [0.15, 0.2) is 5.96 Å². The summed E-state index contributed by atoms with van der Waals surface area (Å²) >= 11 is 0. The summed E-state index contributed by atoms with van der Waals surface area (Å²) in [5.41, 5.74) is 4.41. The highest BCUT2D eigenvalue weighted by molar-refractivity contribution is 14.0. The summed E-state index contributed by atoms with van der Waals surface area (Å²) in [6.45, 7) is 6.41. The Bertz CT molecular complexity index is 977. The molecule has 4 rings (SSSR count). The number of benzene rings is 2. The van der Waals surface area contributed by atoms with Crippen molar-refractivity contribution < 1.29 is 9.59 Å². The van der Waals surface area contributed by atoms with E-state index in [0.29, 0.717) is 25.2 Å². The van der Waals surface area contributed by atoms with E-state index in [1.165, 1.54) is 11.1 Å². The molecule has 0 aliphatic carbocycles. The number of piperazine rings is 1. The summed E-state index contributed by atoms with van der Waals surface area (Å²) in [6, 6.07) is 16.1. The highest BCUT2D eigenvalue weighted by atomic mass is 127. The maximum absolute atomic E-state index is 12.6. The minimum atomic E-state index is -0.109. The molecule has 0 saturated carbocycles. The van der Waals surface area contributed by atoms with Crippen molar-refractivity contribution in [3.8, 4) is 0 Å². The number of hydrogen-bond acceptors (Lipinski definition) is 3. The second-order valence-corrected chi connectivity index (χ2v) is 7.88. The predicted molar refractivity (Wildman–Crippen MR) is 136 cm³/mol. The van der Waals surface area contributed by atoms with Gasteiger partial charge in [-0.25, -0.2) is 4.99 Å². The molecule has 0 aromatic heterocycles. The third-order valence-electron chi connectivity index (χ3n) is 5.70. The van der Waals surface area contributed by atoms with Crippen LogP contribution < -0.4 is 10.6 Å². The minimum absolute atomic E-state index is 0. The number of fused-ring (bicyclic) bond motifs is 1. The molecular formula is C24H30IN5O2. The zero-order chi connectivity index (χ0) is 21.6. The zero-order valence-corrected chi connectivity index (χ0v) is 20.7. The van der Waals surface area contributed by atoms with Crippen LogP contribution in [0.25, 0.3) is 0 Å². The maximum Gasteiger partial charge on any atom is 0.254 e. The van der Waals surface area contributed by atoms with Crippen LogP contribution in [0, 0.1) is 0 Å². The van der Waals surface area contributed by atoms with E-state index in [2.05, 4.69) is 46.7 Å². The molecule has 7 nitrogen and oxygen atoms in total. The summed E-state index contributed by atoms with van der Waals surface area (Å²) in [7, 11) is 0. The van der Waals surface area contributed by atoms with E-state index >= 15 is 0 Å². The molecule has 0 atom stereocenters. The van der Waals surface area contributed by atoms with Crippen LogP contribution in [0.3, 0.4) is 0 Å². The van der Waals surface area contributed by atoms with E-state index < -0.39 is 0 Å². The number of carbonyl (C=O) groups excluding carboxylic acids is 2. The fraction of sp³-hybridized carbons (Fsp3) is 0.375.